The highest BCUT2D eigenvalue weighted by atomic mass is 19.4. The standard InChI is InChI=1S/C5H3F6NO/c6-4(7,8)3(1-12-2-13)5(9,10)11/h3H,1H2. The quantitative estimate of drug-likeness (QED) is 0.387. The number of aliphatic imine (C=N–C) groups is 1. The lowest BCUT2D eigenvalue weighted by Crippen LogP contribution is -2.38. The molecule has 0 unspecified atom stereocenters. The molecule has 0 aliphatic carbocycles. The fourth-order valence-electron chi connectivity index (χ4n) is 0.521. The van der Waals surface area contributed by atoms with E-state index in [2.05, 4.69) is 4.99 Å². The molecule has 0 aromatic carbocycles. The zero-order valence-corrected chi connectivity index (χ0v) is 5.91. The highest BCUT2D eigenvalue weighted by Crippen LogP contribution is 2.39. The lowest BCUT2D eigenvalue weighted by atomic mass is 10.1. The van der Waals surface area contributed by atoms with Gasteiger partial charge in [-0.3, -0.25) is 0 Å². The Hall–Kier alpha value is -1.04. The zero-order chi connectivity index (χ0) is 10.7. The average molecular weight is 207 g/mol. The van der Waals surface area contributed by atoms with E-state index < -0.39 is 24.8 Å². The Labute approximate surface area is 68.2 Å². The molecule has 0 rings (SSSR count). The zero-order valence-electron chi connectivity index (χ0n) is 5.91. The number of hydrogen-bond donors (Lipinski definition) is 0. The van der Waals surface area contributed by atoms with Crippen LogP contribution in [0.15, 0.2) is 4.99 Å². The van der Waals surface area contributed by atoms with Gasteiger partial charge in [0.1, 0.15) is 0 Å². The second kappa shape index (κ2) is 3.78. The Morgan fingerprint density at radius 3 is 1.69 bits per heavy atom. The minimum Gasteiger partial charge on any atom is -0.211 e. The molecule has 0 aliphatic rings. The topological polar surface area (TPSA) is 29.4 Å². The number of hydrogen-bond acceptors (Lipinski definition) is 2. The molecule has 76 valence electrons. The van der Waals surface area contributed by atoms with Gasteiger partial charge >= 0.3 is 12.4 Å². The van der Waals surface area contributed by atoms with Crippen LogP contribution in [-0.2, 0) is 4.79 Å². The minimum absolute atomic E-state index is 0.617. The number of rotatable bonds is 2. The van der Waals surface area contributed by atoms with Crippen molar-refractivity contribution in [2.24, 2.45) is 10.9 Å². The molecule has 0 atom stereocenters. The molecule has 0 heterocycles. The lowest BCUT2D eigenvalue weighted by Gasteiger charge is -2.20. The summed E-state index contributed by atoms with van der Waals surface area (Å²) >= 11 is 0. The molecule has 0 bridgehead atoms. The van der Waals surface area contributed by atoms with E-state index in [0.29, 0.717) is 6.08 Å². The largest absolute Gasteiger partial charge is 0.402 e. The van der Waals surface area contributed by atoms with Gasteiger partial charge in [-0.1, -0.05) is 0 Å². The summed E-state index contributed by atoms with van der Waals surface area (Å²) < 4.78 is 69.8. The van der Waals surface area contributed by atoms with Crippen LogP contribution in [0.2, 0.25) is 0 Å². The van der Waals surface area contributed by atoms with Crippen LogP contribution in [0.25, 0.3) is 0 Å². The van der Waals surface area contributed by atoms with Crippen LogP contribution < -0.4 is 0 Å². The van der Waals surface area contributed by atoms with Crippen molar-refractivity contribution in [3.63, 3.8) is 0 Å². The normalized spacial score (nSPS) is 12.8. The SMILES string of the molecule is O=C=NCC(C(F)(F)F)C(F)(F)F. The van der Waals surface area contributed by atoms with E-state index in [4.69, 9.17) is 0 Å². The van der Waals surface area contributed by atoms with E-state index in [1.165, 1.54) is 0 Å². The molecule has 0 N–H and O–H groups in total. The Kier molecular flexibility index (Phi) is 3.48. The summed E-state index contributed by atoms with van der Waals surface area (Å²) in [6.45, 7) is -1.67. The molecule has 0 aromatic rings. The summed E-state index contributed by atoms with van der Waals surface area (Å²) in [5.74, 6) is -3.60. The first-order valence-corrected chi connectivity index (χ1v) is 2.86. The van der Waals surface area contributed by atoms with E-state index in [0.717, 1.165) is 0 Å². The molecule has 0 saturated carbocycles. The summed E-state index contributed by atoms with van der Waals surface area (Å²) in [5, 5.41) is 0. The Bertz CT molecular complexity index is 198. The molecule has 0 saturated heterocycles. The van der Waals surface area contributed by atoms with Crippen molar-refractivity contribution in [1.29, 1.82) is 0 Å². The third kappa shape index (κ3) is 3.93. The second-order valence-corrected chi connectivity index (χ2v) is 2.07. The first-order valence-electron chi connectivity index (χ1n) is 2.86. The highest BCUT2D eigenvalue weighted by Gasteiger charge is 2.56. The van der Waals surface area contributed by atoms with Crippen LogP contribution >= 0.6 is 0 Å². The van der Waals surface area contributed by atoms with Gasteiger partial charge in [-0.2, -0.15) is 26.3 Å². The fourth-order valence-corrected chi connectivity index (χ4v) is 0.521. The molecule has 0 amide bonds. The van der Waals surface area contributed by atoms with Gasteiger partial charge in [0.2, 0.25) is 6.08 Å². The van der Waals surface area contributed by atoms with Gasteiger partial charge < -0.3 is 0 Å². The maximum Gasteiger partial charge on any atom is 0.402 e. The molecule has 0 fully saturated rings. The smallest absolute Gasteiger partial charge is 0.211 e. The van der Waals surface area contributed by atoms with Crippen molar-refractivity contribution in [3.05, 3.63) is 0 Å². The summed E-state index contributed by atoms with van der Waals surface area (Å²) in [4.78, 5) is 11.6. The Morgan fingerprint density at radius 1 is 1.08 bits per heavy atom. The third-order valence-electron chi connectivity index (χ3n) is 1.13. The van der Waals surface area contributed by atoms with Crippen molar-refractivity contribution in [1.82, 2.24) is 0 Å². The Morgan fingerprint density at radius 2 is 1.46 bits per heavy atom. The predicted molar refractivity (Wildman–Crippen MR) is 28.6 cm³/mol. The van der Waals surface area contributed by atoms with Crippen molar-refractivity contribution in [2.45, 2.75) is 12.4 Å². The van der Waals surface area contributed by atoms with Crippen molar-refractivity contribution in [3.8, 4) is 0 Å². The minimum atomic E-state index is -5.45. The van der Waals surface area contributed by atoms with Gasteiger partial charge in [-0.15, -0.1) is 0 Å². The number of alkyl halides is 6. The van der Waals surface area contributed by atoms with E-state index in [1.807, 2.05) is 0 Å². The lowest BCUT2D eigenvalue weighted by molar-refractivity contribution is -0.280. The number of nitrogens with zero attached hydrogens (tertiary/aromatic N) is 1. The number of isocyanates is 1. The first kappa shape index (κ1) is 12.0. The fraction of sp³-hybridized carbons (Fsp3) is 0.800. The molecule has 0 radical (unpaired) electrons. The van der Waals surface area contributed by atoms with Crippen LogP contribution in [-0.4, -0.2) is 25.0 Å². The van der Waals surface area contributed by atoms with Gasteiger partial charge in [-0.05, 0) is 0 Å². The molecule has 13 heavy (non-hydrogen) atoms. The van der Waals surface area contributed by atoms with E-state index in [1.54, 1.807) is 0 Å². The Balaban J connectivity index is 4.66. The van der Waals surface area contributed by atoms with E-state index in [9.17, 15) is 31.1 Å². The second-order valence-electron chi connectivity index (χ2n) is 2.07. The summed E-state index contributed by atoms with van der Waals surface area (Å²) in [6.07, 6.45) is -10.3. The van der Waals surface area contributed by atoms with Crippen LogP contribution in [0.5, 0.6) is 0 Å². The summed E-state index contributed by atoms with van der Waals surface area (Å²) in [7, 11) is 0. The summed E-state index contributed by atoms with van der Waals surface area (Å²) in [5.41, 5.74) is 0. The van der Waals surface area contributed by atoms with Gasteiger partial charge in [0, 0.05) is 0 Å². The molecule has 0 spiro atoms. The molecular formula is C5H3F6NO. The van der Waals surface area contributed by atoms with Crippen LogP contribution in [0.1, 0.15) is 0 Å². The molecule has 2 nitrogen and oxygen atoms in total. The monoisotopic (exact) mass is 207 g/mol. The first-order chi connectivity index (χ1) is 5.69. The van der Waals surface area contributed by atoms with Crippen molar-refractivity contribution >= 4 is 6.08 Å². The van der Waals surface area contributed by atoms with Gasteiger partial charge in [0.25, 0.3) is 0 Å². The molecule has 0 aliphatic heterocycles. The van der Waals surface area contributed by atoms with Gasteiger partial charge in [0.15, 0.2) is 5.92 Å². The van der Waals surface area contributed by atoms with Gasteiger partial charge in [-0.25, -0.2) is 9.79 Å². The maximum atomic E-state index is 11.6. The van der Waals surface area contributed by atoms with Crippen LogP contribution in [0.4, 0.5) is 26.3 Å². The number of halogens is 6. The third-order valence-corrected chi connectivity index (χ3v) is 1.13. The van der Waals surface area contributed by atoms with Crippen LogP contribution in [0.3, 0.4) is 0 Å². The number of carbonyl (C=O) groups excluding carboxylic acids is 1. The van der Waals surface area contributed by atoms with Crippen molar-refractivity contribution in [2.75, 3.05) is 6.54 Å². The van der Waals surface area contributed by atoms with E-state index in [-0.39, 0.29) is 0 Å². The average Bonchev–Trinajstić information content (AvgIpc) is 1.81. The molecule has 0 aromatic heterocycles. The molecule has 8 heteroatoms. The predicted octanol–water partition coefficient (Wildman–Crippen LogP) is 2.06. The van der Waals surface area contributed by atoms with Gasteiger partial charge in [0.05, 0.1) is 6.54 Å². The van der Waals surface area contributed by atoms with Crippen molar-refractivity contribution < 1.29 is 31.1 Å². The summed E-state index contributed by atoms with van der Waals surface area (Å²) in [6, 6.07) is 0. The van der Waals surface area contributed by atoms with E-state index >= 15 is 0 Å². The highest BCUT2D eigenvalue weighted by molar-refractivity contribution is 5.32. The molecular weight excluding hydrogens is 204 g/mol. The van der Waals surface area contributed by atoms with Crippen LogP contribution in [0, 0.1) is 5.92 Å². The maximum absolute atomic E-state index is 11.6.